The van der Waals surface area contributed by atoms with Gasteiger partial charge in [-0.3, -0.25) is 4.79 Å². The molecule has 0 aliphatic heterocycles. The predicted octanol–water partition coefficient (Wildman–Crippen LogP) is 13.7. The molecule has 0 aliphatic carbocycles. The second-order valence-electron chi connectivity index (χ2n) is 14.7. The Morgan fingerprint density at radius 2 is 0.824 bits per heavy atom. The van der Waals surface area contributed by atoms with Crippen LogP contribution in [0, 0.1) is 0 Å². The van der Waals surface area contributed by atoms with Crippen molar-refractivity contribution in [3.8, 4) is 0 Å². The summed E-state index contributed by atoms with van der Waals surface area (Å²) in [5, 5.41) is 23.0. The highest BCUT2D eigenvalue weighted by atomic mass is 16.3. The second-order valence-corrected chi connectivity index (χ2v) is 14.7. The molecule has 3 N–H and O–H groups in total. The SMILES string of the molecule is CCCCCC/C=C\C/C=C\CCCCCCCC(=O)NC(CO)C(O)/C=C/CC/C=C/CC/C=C/CCCCCCCCCCCCCCC. The molecule has 0 rings (SSSR count). The van der Waals surface area contributed by atoms with Crippen LogP contribution in [0.2, 0.25) is 0 Å². The Bertz CT molecular complexity index is 858. The third-order valence-electron chi connectivity index (χ3n) is 9.70. The average Bonchev–Trinajstić information content (AvgIpc) is 3.13. The maximum absolute atomic E-state index is 12.4. The number of carbonyl (C=O) groups is 1. The molecule has 0 saturated carbocycles. The summed E-state index contributed by atoms with van der Waals surface area (Å²) >= 11 is 0. The lowest BCUT2D eigenvalue weighted by molar-refractivity contribution is -0.123. The molecule has 296 valence electrons. The molecule has 0 bridgehead atoms. The fraction of sp³-hybridized carbons (Fsp3) is 0.766. The number of hydrogen-bond donors (Lipinski definition) is 3. The summed E-state index contributed by atoms with van der Waals surface area (Å²) < 4.78 is 0. The highest BCUT2D eigenvalue weighted by Gasteiger charge is 2.17. The number of amides is 1. The van der Waals surface area contributed by atoms with Gasteiger partial charge in [-0.15, -0.1) is 0 Å². The number of aliphatic hydroxyl groups excluding tert-OH is 2. The maximum Gasteiger partial charge on any atom is 0.220 e. The normalized spacial score (nSPS) is 13.6. The molecular formula is C47H85NO3. The predicted molar refractivity (Wildman–Crippen MR) is 225 cm³/mol. The van der Waals surface area contributed by atoms with E-state index in [9.17, 15) is 15.0 Å². The summed E-state index contributed by atoms with van der Waals surface area (Å²) in [6, 6.07) is -0.654. The Labute approximate surface area is 317 Å². The average molecular weight is 712 g/mol. The van der Waals surface area contributed by atoms with Crippen LogP contribution in [0.3, 0.4) is 0 Å². The second kappa shape index (κ2) is 42.5. The molecule has 0 aromatic carbocycles. The van der Waals surface area contributed by atoms with Gasteiger partial charge in [0.05, 0.1) is 18.8 Å². The molecule has 51 heavy (non-hydrogen) atoms. The van der Waals surface area contributed by atoms with Gasteiger partial charge in [-0.05, 0) is 77.0 Å². The summed E-state index contributed by atoms with van der Waals surface area (Å²) in [7, 11) is 0. The van der Waals surface area contributed by atoms with Crippen LogP contribution in [0.15, 0.2) is 60.8 Å². The van der Waals surface area contributed by atoms with E-state index in [1.165, 1.54) is 135 Å². The first kappa shape index (κ1) is 49.1. The summed E-state index contributed by atoms with van der Waals surface area (Å²) in [4.78, 5) is 12.4. The van der Waals surface area contributed by atoms with Crippen molar-refractivity contribution in [1.82, 2.24) is 5.32 Å². The largest absolute Gasteiger partial charge is 0.394 e. The van der Waals surface area contributed by atoms with Crippen molar-refractivity contribution in [2.75, 3.05) is 6.61 Å². The number of aliphatic hydroxyl groups is 2. The van der Waals surface area contributed by atoms with E-state index in [-0.39, 0.29) is 12.5 Å². The molecule has 4 nitrogen and oxygen atoms in total. The number of nitrogens with one attached hydrogen (secondary N) is 1. The summed E-state index contributed by atoms with van der Waals surface area (Å²) in [6.07, 6.45) is 59.0. The molecule has 1 amide bonds. The van der Waals surface area contributed by atoms with Crippen molar-refractivity contribution in [3.05, 3.63) is 60.8 Å². The van der Waals surface area contributed by atoms with Crippen molar-refractivity contribution in [2.24, 2.45) is 0 Å². The van der Waals surface area contributed by atoms with Crippen molar-refractivity contribution in [1.29, 1.82) is 0 Å². The van der Waals surface area contributed by atoms with Crippen molar-refractivity contribution >= 4 is 5.91 Å². The van der Waals surface area contributed by atoms with Gasteiger partial charge in [0.25, 0.3) is 0 Å². The van der Waals surface area contributed by atoms with Gasteiger partial charge in [0.1, 0.15) is 0 Å². The highest BCUT2D eigenvalue weighted by molar-refractivity contribution is 5.76. The molecule has 0 saturated heterocycles. The fourth-order valence-electron chi connectivity index (χ4n) is 6.30. The number of rotatable bonds is 39. The lowest BCUT2D eigenvalue weighted by atomic mass is 10.0. The third kappa shape index (κ3) is 39.1. The Kier molecular flexibility index (Phi) is 40.9. The minimum Gasteiger partial charge on any atom is -0.394 e. The molecule has 0 radical (unpaired) electrons. The zero-order chi connectivity index (χ0) is 37.1. The van der Waals surface area contributed by atoms with E-state index in [2.05, 4.69) is 67.8 Å². The van der Waals surface area contributed by atoms with Crippen molar-refractivity contribution in [2.45, 2.75) is 225 Å². The molecule has 2 atom stereocenters. The first-order valence-corrected chi connectivity index (χ1v) is 22.0. The zero-order valence-electron chi connectivity index (χ0n) is 33.9. The number of hydrogen-bond acceptors (Lipinski definition) is 3. The molecule has 0 aromatic heterocycles. The smallest absolute Gasteiger partial charge is 0.220 e. The van der Waals surface area contributed by atoms with E-state index >= 15 is 0 Å². The summed E-state index contributed by atoms with van der Waals surface area (Å²) in [6.45, 7) is 4.27. The molecule has 0 aliphatic rings. The summed E-state index contributed by atoms with van der Waals surface area (Å²) in [5.74, 6) is -0.0934. The van der Waals surface area contributed by atoms with E-state index in [1.54, 1.807) is 6.08 Å². The van der Waals surface area contributed by atoms with E-state index in [0.717, 1.165) is 57.8 Å². The van der Waals surface area contributed by atoms with Crippen LogP contribution in [0.1, 0.15) is 213 Å². The minimum atomic E-state index is -0.877. The van der Waals surface area contributed by atoms with Crippen LogP contribution >= 0.6 is 0 Å². The van der Waals surface area contributed by atoms with Gasteiger partial charge in [0.15, 0.2) is 0 Å². The number of carbonyl (C=O) groups excluding carboxylic acids is 1. The van der Waals surface area contributed by atoms with E-state index in [0.29, 0.717) is 6.42 Å². The maximum atomic E-state index is 12.4. The van der Waals surface area contributed by atoms with Gasteiger partial charge in [-0.2, -0.15) is 0 Å². The molecule has 4 heteroatoms. The lowest BCUT2D eigenvalue weighted by Crippen LogP contribution is -2.45. The molecule has 2 unspecified atom stereocenters. The van der Waals surface area contributed by atoms with Gasteiger partial charge in [-0.25, -0.2) is 0 Å². The molecule has 0 heterocycles. The molecule has 0 fully saturated rings. The van der Waals surface area contributed by atoms with E-state index < -0.39 is 12.1 Å². The third-order valence-corrected chi connectivity index (χ3v) is 9.70. The van der Waals surface area contributed by atoms with Gasteiger partial charge in [0, 0.05) is 6.42 Å². The first-order chi connectivity index (χ1) is 25.2. The van der Waals surface area contributed by atoms with Crippen molar-refractivity contribution in [3.63, 3.8) is 0 Å². The van der Waals surface area contributed by atoms with Crippen LogP contribution in [-0.4, -0.2) is 34.9 Å². The quantitative estimate of drug-likeness (QED) is 0.0439. The monoisotopic (exact) mass is 712 g/mol. The van der Waals surface area contributed by atoms with Gasteiger partial charge >= 0.3 is 0 Å². The van der Waals surface area contributed by atoms with Crippen LogP contribution in [0.25, 0.3) is 0 Å². The molecular weight excluding hydrogens is 627 g/mol. The van der Waals surface area contributed by atoms with Gasteiger partial charge in [-0.1, -0.05) is 190 Å². The Morgan fingerprint density at radius 3 is 1.27 bits per heavy atom. The van der Waals surface area contributed by atoms with Crippen LogP contribution in [-0.2, 0) is 4.79 Å². The molecule has 0 aromatic rings. The summed E-state index contributed by atoms with van der Waals surface area (Å²) in [5.41, 5.74) is 0. The number of unbranched alkanes of at least 4 members (excludes halogenated alkanes) is 24. The topological polar surface area (TPSA) is 69.6 Å². The number of allylic oxidation sites excluding steroid dienone is 9. The Balaban J connectivity index is 3.68. The Hall–Kier alpha value is -1.91. The minimum absolute atomic E-state index is 0.0934. The fourth-order valence-corrected chi connectivity index (χ4v) is 6.30. The standard InChI is InChI=1S/C47H85NO3/c1-3-5-7-9-11-13-15-17-19-21-22-23-24-25-26-27-28-30-32-34-36-38-40-42-46(50)45(44-49)48-47(51)43-41-39-37-35-33-31-29-20-18-16-14-12-10-8-6-4-2/h14,16,20,26-27,29,32,34,40,42,45-46,49-50H,3-13,15,17-19,21-25,28,30-31,33,35-39,41,43-44H2,1-2H3,(H,48,51)/b16-14-,27-26+,29-20-,34-32+,42-40+. The van der Waals surface area contributed by atoms with Crippen LogP contribution in [0.5, 0.6) is 0 Å². The zero-order valence-corrected chi connectivity index (χ0v) is 33.9. The Morgan fingerprint density at radius 1 is 0.471 bits per heavy atom. The first-order valence-electron chi connectivity index (χ1n) is 22.0. The van der Waals surface area contributed by atoms with Crippen LogP contribution in [0.4, 0.5) is 0 Å². The van der Waals surface area contributed by atoms with Gasteiger partial charge in [0.2, 0.25) is 5.91 Å². The lowest BCUT2D eigenvalue weighted by Gasteiger charge is -2.19. The van der Waals surface area contributed by atoms with Crippen LogP contribution < -0.4 is 5.32 Å². The highest BCUT2D eigenvalue weighted by Crippen LogP contribution is 2.14. The van der Waals surface area contributed by atoms with E-state index in [4.69, 9.17) is 0 Å². The van der Waals surface area contributed by atoms with E-state index in [1.807, 2.05) is 6.08 Å². The molecule has 0 spiro atoms. The van der Waals surface area contributed by atoms with Gasteiger partial charge < -0.3 is 15.5 Å². The van der Waals surface area contributed by atoms with Crippen molar-refractivity contribution < 1.29 is 15.0 Å².